The number of allylic oxidation sites excluding steroid dienone is 1. The van der Waals surface area contributed by atoms with Crippen LogP contribution >= 0.6 is 0 Å². The number of benzene rings is 3. The fourth-order valence-electron chi connectivity index (χ4n) is 3.18. The largest absolute Gasteiger partial charge is 0.0984 e. The molecule has 3 aromatic rings. The topological polar surface area (TPSA) is 0 Å². The Labute approximate surface area is 145 Å². The molecule has 0 saturated heterocycles. The van der Waals surface area contributed by atoms with E-state index >= 15 is 0 Å². The van der Waals surface area contributed by atoms with Gasteiger partial charge in [0, 0.05) is 0 Å². The number of hydrogen-bond acceptors (Lipinski definition) is 0. The summed E-state index contributed by atoms with van der Waals surface area (Å²) in [4.78, 5) is 0. The Morgan fingerprint density at radius 1 is 0.708 bits per heavy atom. The summed E-state index contributed by atoms with van der Waals surface area (Å²) in [5.74, 6) is 0. The lowest BCUT2D eigenvalue weighted by Crippen LogP contribution is -2.24. The molecule has 0 radical (unpaired) electrons. The highest BCUT2D eigenvalue weighted by Crippen LogP contribution is 2.34. The Morgan fingerprint density at radius 2 is 1.29 bits per heavy atom. The summed E-state index contributed by atoms with van der Waals surface area (Å²) in [6, 6.07) is 19.3. The van der Waals surface area contributed by atoms with Crippen LogP contribution in [0, 0.1) is 0 Å². The Hall–Kier alpha value is -2.60. The van der Waals surface area contributed by atoms with Crippen molar-refractivity contribution >= 4 is 22.9 Å². The van der Waals surface area contributed by atoms with E-state index in [9.17, 15) is 0 Å². The van der Waals surface area contributed by atoms with Crippen LogP contribution in [0.2, 0.25) is 0 Å². The van der Waals surface area contributed by atoms with Gasteiger partial charge in [0.25, 0.3) is 0 Å². The molecule has 0 aliphatic heterocycles. The molecule has 122 valence electrons. The van der Waals surface area contributed by atoms with Gasteiger partial charge in [-0.25, -0.2) is 0 Å². The van der Waals surface area contributed by atoms with E-state index in [-0.39, 0.29) is 0 Å². The average molecular weight is 314 g/mol. The first-order chi connectivity index (χ1) is 11.8. The molecule has 3 aromatic carbocycles. The van der Waals surface area contributed by atoms with Crippen LogP contribution in [0.1, 0.15) is 33.3 Å². The van der Waals surface area contributed by atoms with Gasteiger partial charge >= 0.3 is 0 Å². The van der Waals surface area contributed by atoms with E-state index < -0.39 is 0 Å². The van der Waals surface area contributed by atoms with E-state index in [1.165, 1.54) is 38.3 Å². The van der Waals surface area contributed by atoms with E-state index in [2.05, 4.69) is 67.8 Å². The van der Waals surface area contributed by atoms with E-state index in [0.29, 0.717) is 0 Å². The molecule has 0 unspecified atom stereocenters. The van der Waals surface area contributed by atoms with Gasteiger partial charge in [-0.15, -0.1) is 0 Å². The van der Waals surface area contributed by atoms with Crippen molar-refractivity contribution in [3.63, 3.8) is 0 Å². The van der Waals surface area contributed by atoms with E-state index in [1.54, 1.807) is 0 Å². The third-order valence-electron chi connectivity index (χ3n) is 4.09. The summed E-state index contributed by atoms with van der Waals surface area (Å²) >= 11 is 0. The Bertz CT molecular complexity index is 975. The molecule has 0 N–H and O–H groups in total. The molecule has 0 fully saturated rings. The molecule has 0 aromatic heterocycles. The maximum Gasteiger partial charge on any atom is -0.00325 e. The lowest BCUT2D eigenvalue weighted by atomic mass is 9.98. The first-order valence-electron chi connectivity index (χ1n) is 8.78. The van der Waals surface area contributed by atoms with Crippen molar-refractivity contribution in [1.82, 2.24) is 0 Å². The third-order valence-corrected chi connectivity index (χ3v) is 4.09. The quantitative estimate of drug-likeness (QED) is 0.543. The molecule has 4 rings (SSSR count). The number of rotatable bonds is 1. The van der Waals surface area contributed by atoms with Crippen LogP contribution in [-0.4, -0.2) is 0 Å². The highest BCUT2D eigenvalue weighted by atomic mass is 14.2. The minimum atomic E-state index is 1.07. The van der Waals surface area contributed by atoms with Crippen molar-refractivity contribution in [2.45, 2.75) is 27.7 Å². The van der Waals surface area contributed by atoms with Crippen LogP contribution in [0.25, 0.3) is 34.1 Å². The molecule has 0 atom stereocenters. The average Bonchev–Trinajstić information content (AvgIpc) is 2.97. The van der Waals surface area contributed by atoms with Gasteiger partial charge in [0.2, 0.25) is 0 Å². The predicted molar refractivity (Wildman–Crippen MR) is 110 cm³/mol. The third kappa shape index (κ3) is 2.80. The molecule has 1 aliphatic carbocycles. The minimum absolute atomic E-state index is 1.07. The highest BCUT2D eigenvalue weighted by Gasteiger charge is 2.18. The lowest BCUT2D eigenvalue weighted by molar-refractivity contribution is 1.50. The van der Waals surface area contributed by atoms with Gasteiger partial charge in [-0.2, -0.15) is 0 Å². The van der Waals surface area contributed by atoms with Crippen LogP contribution in [0.15, 0.2) is 67.3 Å². The molecule has 0 saturated carbocycles. The van der Waals surface area contributed by atoms with E-state index in [0.717, 1.165) is 5.22 Å². The van der Waals surface area contributed by atoms with Crippen molar-refractivity contribution in [1.29, 1.82) is 0 Å². The fraction of sp³-hybridized carbons (Fsp3) is 0.167. The summed E-state index contributed by atoms with van der Waals surface area (Å²) in [6.45, 7) is 16.2. The van der Waals surface area contributed by atoms with Gasteiger partial charge in [-0.05, 0) is 55.6 Å². The second-order valence-corrected chi connectivity index (χ2v) is 5.20. The molecular weight excluding hydrogens is 288 g/mol. The van der Waals surface area contributed by atoms with Crippen molar-refractivity contribution in [3.05, 3.63) is 83.3 Å². The van der Waals surface area contributed by atoms with E-state index in [1.807, 2.05) is 33.8 Å². The van der Waals surface area contributed by atoms with Crippen LogP contribution in [-0.2, 0) is 0 Å². The van der Waals surface area contributed by atoms with Crippen LogP contribution < -0.4 is 10.4 Å². The number of fused-ring (bicyclic) bond motifs is 4. The zero-order chi connectivity index (χ0) is 17.7. The Kier molecular flexibility index (Phi) is 5.76. The molecule has 1 aliphatic rings. The summed E-state index contributed by atoms with van der Waals surface area (Å²) in [7, 11) is 0. The van der Waals surface area contributed by atoms with Crippen molar-refractivity contribution in [3.8, 4) is 11.1 Å². The zero-order valence-corrected chi connectivity index (χ0v) is 15.2. The molecular formula is C24H26. The molecule has 0 heteroatoms. The smallest absolute Gasteiger partial charge is 0.00325 e. The Morgan fingerprint density at radius 3 is 1.88 bits per heavy atom. The summed E-state index contributed by atoms with van der Waals surface area (Å²) < 4.78 is 0. The van der Waals surface area contributed by atoms with Gasteiger partial charge in [-0.3, -0.25) is 0 Å². The molecule has 24 heavy (non-hydrogen) atoms. The number of hydrogen-bond donors (Lipinski definition) is 0. The highest BCUT2D eigenvalue weighted by molar-refractivity contribution is 6.00. The van der Waals surface area contributed by atoms with Crippen LogP contribution in [0.4, 0.5) is 0 Å². The first kappa shape index (κ1) is 17.7. The van der Waals surface area contributed by atoms with Gasteiger partial charge in [0.15, 0.2) is 0 Å². The summed E-state index contributed by atoms with van der Waals surface area (Å²) in [6.07, 6.45) is 1.95. The second-order valence-electron chi connectivity index (χ2n) is 5.20. The lowest BCUT2D eigenvalue weighted by Gasteiger charge is -2.06. The maximum absolute atomic E-state index is 4.17. The van der Waals surface area contributed by atoms with Crippen molar-refractivity contribution in [2.75, 3.05) is 0 Å². The molecule has 0 nitrogen and oxygen atoms in total. The van der Waals surface area contributed by atoms with E-state index in [4.69, 9.17) is 0 Å². The molecule has 0 amide bonds. The normalized spacial score (nSPS) is 10.8. The molecule has 0 spiro atoms. The van der Waals surface area contributed by atoms with Crippen LogP contribution in [0.5, 0.6) is 0 Å². The SMILES string of the molecule is C=CC1=c2c(cccc2=C)-c2cc3ccccc3cc21.CC.CC. The fourth-order valence-corrected chi connectivity index (χ4v) is 3.18. The standard InChI is InChI=1S/C20H14.2C2H6/c1-3-16-18-11-14-8-4-5-9-15(14)12-19(18)17-10-6-7-13(2)20(16)17;2*1-2/h3-12H,1-2H2;2*1-2H3. The minimum Gasteiger partial charge on any atom is -0.0984 e. The van der Waals surface area contributed by atoms with Gasteiger partial charge in [-0.1, -0.05) is 89.4 Å². The monoisotopic (exact) mass is 314 g/mol. The second kappa shape index (κ2) is 7.79. The summed E-state index contributed by atoms with van der Waals surface area (Å²) in [5, 5.41) is 4.84. The van der Waals surface area contributed by atoms with Gasteiger partial charge in [0.1, 0.15) is 0 Å². The van der Waals surface area contributed by atoms with Crippen molar-refractivity contribution < 1.29 is 0 Å². The molecule has 0 bridgehead atoms. The maximum atomic E-state index is 4.17. The summed E-state index contributed by atoms with van der Waals surface area (Å²) in [5.41, 5.74) is 5.03. The van der Waals surface area contributed by atoms with Gasteiger partial charge < -0.3 is 0 Å². The molecule has 0 heterocycles. The Balaban J connectivity index is 0.000000487. The first-order valence-corrected chi connectivity index (χ1v) is 8.78. The predicted octanol–water partition coefficient (Wildman–Crippen LogP) is 5.67. The van der Waals surface area contributed by atoms with Crippen LogP contribution in [0.3, 0.4) is 0 Å². The van der Waals surface area contributed by atoms with Crippen molar-refractivity contribution in [2.24, 2.45) is 0 Å². The zero-order valence-electron chi connectivity index (χ0n) is 15.2. The van der Waals surface area contributed by atoms with Gasteiger partial charge in [0.05, 0.1) is 0 Å².